The van der Waals surface area contributed by atoms with Gasteiger partial charge in [0.25, 0.3) is 0 Å². The van der Waals surface area contributed by atoms with Crippen molar-refractivity contribution in [2.75, 3.05) is 0 Å². The SMILES string of the molecule is C(=Cc1ccccc1)CCc1cscn1. The van der Waals surface area contributed by atoms with Crippen LogP contribution in [0.1, 0.15) is 17.7 Å². The van der Waals surface area contributed by atoms with E-state index >= 15 is 0 Å². The monoisotopic (exact) mass is 215 g/mol. The number of thiazole rings is 1. The molecule has 0 saturated heterocycles. The number of allylic oxidation sites excluding steroid dienone is 1. The van der Waals surface area contributed by atoms with Gasteiger partial charge in [0.1, 0.15) is 0 Å². The molecule has 0 N–H and O–H groups in total. The van der Waals surface area contributed by atoms with Crippen LogP contribution in [-0.2, 0) is 6.42 Å². The predicted octanol–water partition coefficient (Wildman–Crippen LogP) is 3.79. The maximum Gasteiger partial charge on any atom is 0.0794 e. The van der Waals surface area contributed by atoms with Gasteiger partial charge in [-0.05, 0) is 18.4 Å². The van der Waals surface area contributed by atoms with Crippen LogP contribution >= 0.6 is 11.3 Å². The van der Waals surface area contributed by atoms with Crippen molar-refractivity contribution in [3.05, 3.63) is 58.6 Å². The quantitative estimate of drug-likeness (QED) is 0.756. The number of hydrogen-bond acceptors (Lipinski definition) is 2. The average molecular weight is 215 g/mol. The Morgan fingerprint density at radius 3 is 2.80 bits per heavy atom. The molecular formula is C13H13NS. The van der Waals surface area contributed by atoms with E-state index in [0.717, 1.165) is 12.8 Å². The van der Waals surface area contributed by atoms with Crippen LogP contribution in [0.15, 0.2) is 47.3 Å². The van der Waals surface area contributed by atoms with Crippen molar-refractivity contribution in [2.24, 2.45) is 0 Å². The molecule has 1 heterocycles. The third-order valence-electron chi connectivity index (χ3n) is 2.16. The van der Waals surface area contributed by atoms with E-state index in [-0.39, 0.29) is 0 Å². The predicted molar refractivity (Wildman–Crippen MR) is 65.9 cm³/mol. The molecule has 2 aromatic rings. The average Bonchev–Trinajstić information content (AvgIpc) is 2.79. The fraction of sp³-hybridized carbons (Fsp3) is 0.154. The lowest BCUT2D eigenvalue weighted by Crippen LogP contribution is -1.81. The number of aromatic nitrogens is 1. The second kappa shape index (κ2) is 5.47. The molecule has 1 aromatic carbocycles. The number of rotatable bonds is 4. The molecular weight excluding hydrogens is 202 g/mol. The van der Waals surface area contributed by atoms with Crippen molar-refractivity contribution in [3.8, 4) is 0 Å². The van der Waals surface area contributed by atoms with Crippen molar-refractivity contribution in [3.63, 3.8) is 0 Å². The zero-order chi connectivity index (χ0) is 10.3. The molecule has 0 bridgehead atoms. The molecule has 0 aliphatic rings. The minimum absolute atomic E-state index is 1.03. The Balaban J connectivity index is 1.81. The maximum absolute atomic E-state index is 4.25. The summed E-state index contributed by atoms with van der Waals surface area (Å²) in [5.74, 6) is 0. The van der Waals surface area contributed by atoms with Crippen molar-refractivity contribution >= 4 is 17.4 Å². The number of benzene rings is 1. The van der Waals surface area contributed by atoms with Crippen LogP contribution in [0.5, 0.6) is 0 Å². The summed E-state index contributed by atoms with van der Waals surface area (Å²) in [6, 6.07) is 10.4. The summed E-state index contributed by atoms with van der Waals surface area (Å²) in [6.45, 7) is 0. The van der Waals surface area contributed by atoms with Crippen LogP contribution < -0.4 is 0 Å². The summed E-state index contributed by atoms with van der Waals surface area (Å²) in [6.07, 6.45) is 6.45. The third-order valence-corrected chi connectivity index (χ3v) is 2.80. The van der Waals surface area contributed by atoms with E-state index in [1.54, 1.807) is 11.3 Å². The topological polar surface area (TPSA) is 12.9 Å². The van der Waals surface area contributed by atoms with Gasteiger partial charge in [0, 0.05) is 5.38 Å². The Morgan fingerprint density at radius 1 is 1.20 bits per heavy atom. The molecule has 2 heteroatoms. The van der Waals surface area contributed by atoms with E-state index < -0.39 is 0 Å². The fourth-order valence-electron chi connectivity index (χ4n) is 1.38. The van der Waals surface area contributed by atoms with Crippen LogP contribution in [0, 0.1) is 0 Å². The lowest BCUT2D eigenvalue weighted by molar-refractivity contribution is 0.962. The Kier molecular flexibility index (Phi) is 3.69. The molecule has 2 rings (SSSR count). The summed E-state index contributed by atoms with van der Waals surface area (Å²) in [7, 11) is 0. The summed E-state index contributed by atoms with van der Waals surface area (Å²) in [5.41, 5.74) is 4.34. The van der Waals surface area contributed by atoms with Gasteiger partial charge in [-0.25, -0.2) is 4.98 Å². The highest BCUT2D eigenvalue weighted by Crippen LogP contribution is 2.06. The Morgan fingerprint density at radius 2 is 2.07 bits per heavy atom. The number of hydrogen-bond donors (Lipinski definition) is 0. The molecule has 1 nitrogen and oxygen atoms in total. The molecule has 0 fully saturated rings. The fourth-order valence-corrected chi connectivity index (χ4v) is 1.97. The first-order chi connectivity index (χ1) is 7.45. The Hall–Kier alpha value is -1.41. The zero-order valence-corrected chi connectivity index (χ0v) is 9.28. The largest absolute Gasteiger partial charge is 0.250 e. The highest BCUT2D eigenvalue weighted by atomic mass is 32.1. The van der Waals surface area contributed by atoms with E-state index in [1.807, 2.05) is 11.6 Å². The lowest BCUT2D eigenvalue weighted by atomic mass is 10.2. The molecule has 0 atom stereocenters. The zero-order valence-electron chi connectivity index (χ0n) is 8.47. The summed E-state index contributed by atoms with van der Waals surface area (Å²) < 4.78 is 0. The molecule has 0 aliphatic carbocycles. The van der Waals surface area contributed by atoms with Crippen LogP contribution in [0.4, 0.5) is 0 Å². The highest BCUT2D eigenvalue weighted by Gasteiger charge is 1.91. The van der Waals surface area contributed by atoms with Crippen molar-refractivity contribution in [2.45, 2.75) is 12.8 Å². The Bertz CT molecular complexity index is 403. The van der Waals surface area contributed by atoms with E-state index in [2.05, 4.69) is 46.8 Å². The van der Waals surface area contributed by atoms with Crippen LogP contribution in [-0.4, -0.2) is 4.98 Å². The minimum atomic E-state index is 1.03. The summed E-state index contributed by atoms with van der Waals surface area (Å²) >= 11 is 1.66. The van der Waals surface area contributed by atoms with Gasteiger partial charge in [-0.2, -0.15) is 0 Å². The first kappa shape index (κ1) is 10.1. The van der Waals surface area contributed by atoms with Crippen molar-refractivity contribution < 1.29 is 0 Å². The maximum atomic E-state index is 4.25. The van der Waals surface area contributed by atoms with Gasteiger partial charge in [0.05, 0.1) is 11.2 Å². The molecule has 76 valence electrons. The molecule has 0 aliphatic heterocycles. The van der Waals surface area contributed by atoms with Crippen LogP contribution in [0.3, 0.4) is 0 Å². The number of nitrogens with zero attached hydrogens (tertiary/aromatic N) is 1. The smallest absolute Gasteiger partial charge is 0.0794 e. The normalized spacial score (nSPS) is 10.9. The molecule has 0 amide bonds. The first-order valence-electron chi connectivity index (χ1n) is 5.04. The first-order valence-corrected chi connectivity index (χ1v) is 5.98. The van der Waals surface area contributed by atoms with Gasteiger partial charge in [-0.1, -0.05) is 42.5 Å². The van der Waals surface area contributed by atoms with Gasteiger partial charge in [0.2, 0.25) is 0 Å². The van der Waals surface area contributed by atoms with Crippen molar-refractivity contribution in [1.82, 2.24) is 4.98 Å². The van der Waals surface area contributed by atoms with Gasteiger partial charge >= 0.3 is 0 Å². The third kappa shape index (κ3) is 3.33. The second-order valence-electron chi connectivity index (χ2n) is 3.33. The second-order valence-corrected chi connectivity index (χ2v) is 4.05. The summed E-state index contributed by atoms with van der Waals surface area (Å²) in [4.78, 5) is 4.25. The number of aryl methyl sites for hydroxylation is 1. The molecule has 1 aromatic heterocycles. The molecule has 0 unspecified atom stereocenters. The van der Waals surface area contributed by atoms with Gasteiger partial charge in [-0.15, -0.1) is 11.3 Å². The van der Waals surface area contributed by atoms with Gasteiger partial charge in [-0.3, -0.25) is 0 Å². The van der Waals surface area contributed by atoms with E-state index in [9.17, 15) is 0 Å². The lowest BCUT2D eigenvalue weighted by Gasteiger charge is -1.92. The molecule has 15 heavy (non-hydrogen) atoms. The van der Waals surface area contributed by atoms with E-state index in [1.165, 1.54) is 11.3 Å². The molecule has 0 saturated carbocycles. The van der Waals surface area contributed by atoms with Crippen LogP contribution in [0.25, 0.3) is 6.08 Å². The molecule has 0 spiro atoms. The van der Waals surface area contributed by atoms with Crippen LogP contribution in [0.2, 0.25) is 0 Å². The van der Waals surface area contributed by atoms with Gasteiger partial charge < -0.3 is 0 Å². The standard InChI is InChI=1S/C13H13NS/c1-2-6-12(7-3-1)8-4-5-9-13-10-15-11-14-13/h1-4,6-8,10-11H,5,9H2. The van der Waals surface area contributed by atoms with E-state index in [0.29, 0.717) is 0 Å². The van der Waals surface area contributed by atoms with Crippen molar-refractivity contribution in [1.29, 1.82) is 0 Å². The molecule has 0 radical (unpaired) electrons. The summed E-state index contributed by atoms with van der Waals surface area (Å²) in [5, 5.41) is 2.11. The van der Waals surface area contributed by atoms with Gasteiger partial charge in [0.15, 0.2) is 0 Å². The Labute approximate surface area is 94.1 Å². The van der Waals surface area contributed by atoms with E-state index in [4.69, 9.17) is 0 Å². The minimum Gasteiger partial charge on any atom is -0.250 e. The highest BCUT2D eigenvalue weighted by molar-refractivity contribution is 7.07.